The zero-order valence-electron chi connectivity index (χ0n) is 9.84. The molecule has 0 aliphatic rings. The van der Waals surface area contributed by atoms with E-state index < -0.39 is 30.9 Å². The maximum Gasteiger partial charge on any atom is 0.323 e. The SMILES string of the molecule is Cc1nc(C)c(C(=O)N(CC(=O)O)CC(=O)O)o1. The number of aryl methyl sites for hydroxylation is 2. The fourth-order valence-electron chi connectivity index (χ4n) is 1.40. The molecule has 0 aromatic carbocycles. The molecule has 0 bridgehead atoms. The Hall–Kier alpha value is -2.38. The number of hydrogen-bond acceptors (Lipinski definition) is 5. The highest BCUT2D eigenvalue weighted by Gasteiger charge is 2.25. The highest BCUT2D eigenvalue weighted by molar-refractivity contribution is 5.96. The van der Waals surface area contributed by atoms with Gasteiger partial charge in [0, 0.05) is 6.92 Å². The Kier molecular flexibility index (Phi) is 4.03. The van der Waals surface area contributed by atoms with Gasteiger partial charge in [-0.05, 0) is 6.92 Å². The van der Waals surface area contributed by atoms with E-state index in [1.807, 2.05) is 0 Å². The van der Waals surface area contributed by atoms with Crippen LogP contribution in [0.1, 0.15) is 22.1 Å². The number of carboxylic acids is 2. The first kappa shape index (κ1) is 13.7. The molecule has 0 fully saturated rings. The van der Waals surface area contributed by atoms with Gasteiger partial charge < -0.3 is 19.5 Å². The zero-order chi connectivity index (χ0) is 13.9. The molecule has 8 nitrogen and oxygen atoms in total. The minimum absolute atomic E-state index is 0.144. The average Bonchev–Trinajstić information content (AvgIpc) is 2.54. The normalized spacial score (nSPS) is 10.1. The van der Waals surface area contributed by atoms with Crippen LogP contribution in [-0.4, -0.2) is 51.0 Å². The van der Waals surface area contributed by atoms with Gasteiger partial charge in [-0.25, -0.2) is 4.98 Å². The molecular weight excluding hydrogens is 244 g/mol. The van der Waals surface area contributed by atoms with E-state index in [0.29, 0.717) is 10.6 Å². The summed E-state index contributed by atoms with van der Waals surface area (Å²) in [6, 6.07) is 0. The second-order valence-electron chi connectivity index (χ2n) is 3.60. The van der Waals surface area contributed by atoms with Crippen molar-refractivity contribution in [3.8, 4) is 0 Å². The third-order valence-corrected chi connectivity index (χ3v) is 2.04. The van der Waals surface area contributed by atoms with E-state index in [1.165, 1.54) is 13.8 Å². The van der Waals surface area contributed by atoms with Crippen LogP contribution in [0.4, 0.5) is 0 Å². The Morgan fingerprint density at radius 1 is 1.17 bits per heavy atom. The Labute approximate surface area is 102 Å². The maximum absolute atomic E-state index is 11.9. The van der Waals surface area contributed by atoms with Crippen LogP contribution in [-0.2, 0) is 9.59 Å². The Bertz CT molecular complexity index is 477. The lowest BCUT2D eigenvalue weighted by atomic mass is 10.3. The molecule has 0 spiro atoms. The van der Waals surface area contributed by atoms with Crippen LogP contribution < -0.4 is 0 Å². The number of carboxylic acid groups (broad SMARTS) is 2. The smallest absolute Gasteiger partial charge is 0.323 e. The quantitative estimate of drug-likeness (QED) is 0.754. The van der Waals surface area contributed by atoms with Gasteiger partial charge in [0.1, 0.15) is 13.1 Å². The van der Waals surface area contributed by atoms with Crippen molar-refractivity contribution in [3.63, 3.8) is 0 Å². The lowest BCUT2D eigenvalue weighted by Gasteiger charge is -2.16. The summed E-state index contributed by atoms with van der Waals surface area (Å²) in [7, 11) is 0. The van der Waals surface area contributed by atoms with E-state index >= 15 is 0 Å². The van der Waals surface area contributed by atoms with Crippen molar-refractivity contribution in [2.45, 2.75) is 13.8 Å². The van der Waals surface area contributed by atoms with E-state index in [-0.39, 0.29) is 11.7 Å². The molecule has 1 rings (SSSR count). The van der Waals surface area contributed by atoms with E-state index in [1.54, 1.807) is 0 Å². The standard InChI is InChI=1S/C10H12N2O6/c1-5-9(18-6(2)11-5)10(17)12(3-7(13)14)4-8(15)16/h3-4H2,1-2H3,(H,13,14)(H,15,16). The molecular formula is C10H12N2O6. The van der Waals surface area contributed by atoms with Gasteiger partial charge in [0.15, 0.2) is 5.89 Å². The van der Waals surface area contributed by atoms with Gasteiger partial charge in [-0.1, -0.05) is 0 Å². The second kappa shape index (κ2) is 5.30. The first-order valence-corrected chi connectivity index (χ1v) is 4.98. The van der Waals surface area contributed by atoms with Crippen molar-refractivity contribution in [1.82, 2.24) is 9.88 Å². The number of nitrogens with zero attached hydrogens (tertiary/aromatic N) is 2. The summed E-state index contributed by atoms with van der Waals surface area (Å²) in [6.07, 6.45) is 0. The van der Waals surface area contributed by atoms with Gasteiger partial charge in [-0.3, -0.25) is 14.4 Å². The van der Waals surface area contributed by atoms with E-state index in [4.69, 9.17) is 14.6 Å². The molecule has 1 amide bonds. The van der Waals surface area contributed by atoms with E-state index in [0.717, 1.165) is 0 Å². The topological polar surface area (TPSA) is 121 Å². The van der Waals surface area contributed by atoms with E-state index in [9.17, 15) is 14.4 Å². The summed E-state index contributed by atoms with van der Waals surface area (Å²) in [6.45, 7) is 1.61. The second-order valence-corrected chi connectivity index (χ2v) is 3.60. The van der Waals surface area contributed by atoms with Crippen LogP contribution in [0.25, 0.3) is 0 Å². The van der Waals surface area contributed by atoms with Crippen LogP contribution in [0.2, 0.25) is 0 Å². The molecule has 2 N–H and O–H groups in total. The number of aromatic nitrogens is 1. The third kappa shape index (κ3) is 3.30. The number of carbonyl (C=O) groups is 3. The molecule has 0 aliphatic heterocycles. The summed E-state index contributed by atoms with van der Waals surface area (Å²) < 4.78 is 5.03. The molecule has 0 saturated carbocycles. The largest absolute Gasteiger partial charge is 0.480 e. The summed E-state index contributed by atoms with van der Waals surface area (Å²) in [5.74, 6) is -3.31. The molecule has 1 heterocycles. The molecule has 0 radical (unpaired) electrons. The van der Waals surface area contributed by atoms with Crippen molar-refractivity contribution in [3.05, 3.63) is 17.3 Å². The number of oxazole rings is 1. The van der Waals surface area contributed by atoms with Gasteiger partial charge in [0.25, 0.3) is 5.91 Å². The van der Waals surface area contributed by atoms with Crippen molar-refractivity contribution in [2.75, 3.05) is 13.1 Å². The monoisotopic (exact) mass is 256 g/mol. The molecule has 0 aliphatic carbocycles. The number of rotatable bonds is 5. The predicted octanol–water partition coefficient (Wildman–Crippen LogP) is -0.0972. The average molecular weight is 256 g/mol. The van der Waals surface area contributed by atoms with Crippen molar-refractivity contribution < 1.29 is 29.0 Å². The molecule has 0 unspecified atom stereocenters. The molecule has 1 aromatic heterocycles. The highest BCUT2D eigenvalue weighted by Crippen LogP contribution is 2.12. The molecule has 0 saturated heterocycles. The van der Waals surface area contributed by atoms with E-state index in [2.05, 4.69) is 4.98 Å². The Morgan fingerprint density at radius 3 is 2.00 bits per heavy atom. The zero-order valence-corrected chi connectivity index (χ0v) is 9.84. The fraction of sp³-hybridized carbons (Fsp3) is 0.400. The van der Waals surface area contributed by atoms with Crippen LogP contribution in [0.5, 0.6) is 0 Å². The molecule has 8 heteroatoms. The number of carbonyl (C=O) groups excluding carboxylic acids is 1. The van der Waals surface area contributed by atoms with Gasteiger partial charge in [-0.2, -0.15) is 0 Å². The molecule has 0 atom stereocenters. The van der Waals surface area contributed by atoms with Crippen LogP contribution >= 0.6 is 0 Å². The Morgan fingerprint density at radius 2 is 1.67 bits per heavy atom. The lowest BCUT2D eigenvalue weighted by molar-refractivity contribution is -0.140. The summed E-state index contributed by atoms with van der Waals surface area (Å²) in [5, 5.41) is 17.3. The number of hydrogen-bond donors (Lipinski definition) is 2. The molecule has 18 heavy (non-hydrogen) atoms. The fourth-order valence-corrected chi connectivity index (χ4v) is 1.40. The van der Waals surface area contributed by atoms with Crippen LogP contribution in [0, 0.1) is 13.8 Å². The number of aliphatic carboxylic acids is 2. The summed E-state index contributed by atoms with van der Waals surface area (Å²) in [4.78, 5) is 37.6. The van der Waals surface area contributed by atoms with Crippen LogP contribution in [0.3, 0.4) is 0 Å². The lowest BCUT2D eigenvalue weighted by Crippen LogP contribution is -2.39. The maximum atomic E-state index is 11.9. The predicted molar refractivity (Wildman–Crippen MR) is 57.2 cm³/mol. The molecule has 1 aromatic rings. The van der Waals surface area contributed by atoms with Gasteiger partial charge in [0.05, 0.1) is 5.69 Å². The number of amides is 1. The van der Waals surface area contributed by atoms with Gasteiger partial charge >= 0.3 is 11.9 Å². The summed E-state index contributed by atoms with van der Waals surface area (Å²) >= 11 is 0. The van der Waals surface area contributed by atoms with Crippen molar-refractivity contribution >= 4 is 17.8 Å². The minimum Gasteiger partial charge on any atom is -0.480 e. The third-order valence-electron chi connectivity index (χ3n) is 2.04. The highest BCUT2D eigenvalue weighted by atomic mass is 16.4. The van der Waals surface area contributed by atoms with Crippen molar-refractivity contribution in [1.29, 1.82) is 0 Å². The minimum atomic E-state index is -1.31. The summed E-state index contributed by atoms with van der Waals surface area (Å²) in [5.41, 5.74) is 0.290. The first-order valence-electron chi connectivity index (χ1n) is 4.98. The van der Waals surface area contributed by atoms with Crippen molar-refractivity contribution in [2.24, 2.45) is 0 Å². The van der Waals surface area contributed by atoms with Crippen LogP contribution in [0.15, 0.2) is 4.42 Å². The first-order chi connectivity index (χ1) is 8.31. The van der Waals surface area contributed by atoms with Gasteiger partial charge in [-0.15, -0.1) is 0 Å². The van der Waals surface area contributed by atoms with Gasteiger partial charge in [0.2, 0.25) is 5.76 Å². The molecule has 98 valence electrons. The Balaban J connectivity index is 2.97.